The van der Waals surface area contributed by atoms with Crippen LogP contribution in [0.1, 0.15) is 26.6 Å². The lowest BCUT2D eigenvalue weighted by Crippen LogP contribution is -2.48. The number of nitrogens with zero attached hydrogens (tertiary/aromatic N) is 7. The van der Waals surface area contributed by atoms with Crippen molar-refractivity contribution in [2.75, 3.05) is 69.0 Å². The normalized spacial score (nSPS) is 17.5. The molecule has 4 aromatic rings. The van der Waals surface area contributed by atoms with Gasteiger partial charge in [-0.2, -0.15) is 0 Å². The minimum Gasteiger partial charge on any atom is -0.454 e. The van der Waals surface area contributed by atoms with E-state index in [0.717, 1.165) is 95.4 Å². The summed E-state index contributed by atoms with van der Waals surface area (Å²) in [6.45, 7) is 11.6. The van der Waals surface area contributed by atoms with Crippen LogP contribution in [0, 0.1) is 13.8 Å². The van der Waals surface area contributed by atoms with Gasteiger partial charge in [-0.05, 0) is 49.2 Å². The first kappa shape index (κ1) is 26.0. The predicted octanol–water partition coefficient (Wildman–Crippen LogP) is 3.72. The van der Waals surface area contributed by atoms with E-state index in [1.807, 2.05) is 43.1 Å². The summed E-state index contributed by atoms with van der Waals surface area (Å²) in [5.41, 5.74) is 2.18. The van der Waals surface area contributed by atoms with Gasteiger partial charge in [0.25, 0.3) is 5.91 Å². The molecule has 3 aliphatic rings. The van der Waals surface area contributed by atoms with Gasteiger partial charge in [0, 0.05) is 65.1 Å². The van der Waals surface area contributed by atoms with Crippen molar-refractivity contribution in [1.82, 2.24) is 24.8 Å². The van der Waals surface area contributed by atoms with E-state index in [4.69, 9.17) is 19.4 Å². The first-order valence-electron chi connectivity index (χ1n) is 14.1. The number of hydrogen-bond acceptors (Lipinski definition) is 10. The Kier molecular flexibility index (Phi) is 6.83. The zero-order valence-corrected chi connectivity index (χ0v) is 24.2. The summed E-state index contributed by atoms with van der Waals surface area (Å²) < 4.78 is 11.0. The summed E-state index contributed by atoms with van der Waals surface area (Å²) in [6, 6.07) is 12.1. The molecule has 2 fully saturated rings. The standard InChI is InChI=1S/C30H33N7O3S/c1-20-26-28(36-15-13-35(14-16-36)25-5-3-4-8-31-25)32-21(2)33-29(26)41-27(20)30(38)37-11-9-34(10-12-37)18-22-6-7-23-24(17-22)40-19-39-23/h3-8,17H,9-16,18-19H2,1-2H3. The monoisotopic (exact) mass is 571 g/mol. The number of ether oxygens (including phenoxy) is 2. The van der Waals surface area contributed by atoms with Gasteiger partial charge < -0.3 is 24.2 Å². The molecular weight excluding hydrogens is 538 g/mol. The van der Waals surface area contributed by atoms with E-state index in [9.17, 15) is 4.79 Å². The third-order valence-corrected chi connectivity index (χ3v) is 9.31. The second kappa shape index (κ2) is 10.8. The molecule has 3 aliphatic heterocycles. The number of aromatic nitrogens is 3. The van der Waals surface area contributed by atoms with E-state index in [1.165, 1.54) is 16.9 Å². The van der Waals surface area contributed by atoms with Gasteiger partial charge in [-0.15, -0.1) is 11.3 Å². The van der Waals surface area contributed by atoms with Gasteiger partial charge in [0.2, 0.25) is 6.79 Å². The topological polar surface area (TPSA) is 87.2 Å². The number of rotatable bonds is 5. The molecule has 10 nitrogen and oxygen atoms in total. The lowest BCUT2D eigenvalue weighted by molar-refractivity contribution is 0.0632. The van der Waals surface area contributed by atoms with Crippen LogP contribution in [0.4, 0.5) is 11.6 Å². The Balaban J connectivity index is 1.04. The maximum Gasteiger partial charge on any atom is 0.264 e. The van der Waals surface area contributed by atoms with Crippen molar-refractivity contribution < 1.29 is 14.3 Å². The zero-order valence-electron chi connectivity index (χ0n) is 23.4. The smallest absolute Gasteiger partial charge is 0.264 e. The molecule has 0 saturated carbocycles. The Morgan fingerprint density at radius 3 is 2.46 bits per heavy atom. The van der Waals surface area contributed by atoms with Crippen molar-refractivity contribution in [2.24, 2.45) is 0 Å². The molecule has 0 aliphatic carbocycles. The number of hydrogen-bond donors (Lipinski definition) is 0. The lowest BCUT2D eigenvalue weighted by atomic mass is 10.1. The van der Waals surface area contributed by atoms with Gasteiger partial charge in [-0.1, -0.05) is 12.1 Å². The molecule has 0 unspecified atom stereocenters. The summed E-state index contributed by atoms with van der Waals surface area (Å²) in [4.78, 5) is 38.6. The number of piperazine rings is 2. The van der Waals surface area contributed by atoms with Gasteiger partial charge in [0.1, 0.15) is 22.3 Å². The number of carbonyl (C=O) groups excluding carboxylic acids is 1. The Hall–Kier alpha value is -3.96. The van der Waals surface area contributed by atoms with E-state index in [1.54, 1.807) is 0 Å². The molecule has 1 amide bonds. The molecule has 6 heterocycles. The van der Waals surface area contributed by atoms with Crippen LogP contribution in [0.15, 0.2) is 42.6 Å². The molecule has 41 heavy (non-hydrogen) atoms. The van der Waals surface area contributed by atoms with E-state index < -0.39 is 0 Å². The van der Waals surface area contributed by atoms with Crippen molar-refractivity contribution in [3.05, 3.63) is 64.4 Å². The zero-order chi connectivity index (χ0) is 27.9. The highest BCUT2D eigenvalue weighted by molar-refractivity contribution is 7.20. The quantitative estimate of drug-likeness (QED) is 0.356. The number of anilines is 2. The van der Waals surface area contributed by atoms with Crippen LogP contribution in [0.3, 0.4) is 0 Å². The maximum atomic E-state index is 13.8. The van der Waals surface area contributed by atoms with E-state index in [-0.39, 0.29) is 12.7 Å². The number of benzene rings is 1. The second-order valence-electron chi connectivity index (χ2n) is 10.7. The van der Waals surface area contributed by atoms with Crippen molar-refractivity contribution in [3.8, 4) is 11.5 Å². The highest BCUT2D eigenvalue weighted by atomic mass is 32.1. The maximum absolute atomic E-state index is 13.8. The average Bonchev–Trinajstić information content (AvgIpc) is 3.61. The first-order valence-corrected chi connectivity index (χ1v) is 14.9. The molecule has 0 radical (unpaired) electrons. The predicted molar refractivity (Wildman–Crippen MR) is 159 cm³/mol. The van der Waals surface area contributed by atoms with Crippen LogP contribution in [0.25, 0.3) is 10.2 Å². The lowest BCUT2D eigenvalue weighted by Gasteiger charge is -2.36. The van der Waals surface area contributed by atoms with E-state index >= 15 is 0 Å². The van der Waals surface area contributed by atoms with E-state index in [0.29, 0.717) is 13.1 Å². The Bertz CT molecular complexity index is 1580. The summed E-state index contributed by atoms with van der Waals surface area (Å²) in [5.74, 6) is 4.39. The van der Waals surface area contributed by atoms with Crippen molar-refractivity contribution in [1.29, 1.82) is 0 Å². The molecule has 0 bridgehead atoms. The molecule has 1 aromatic carbocycles. The van der Waals surface area contributed by atoms with Gasteiger partial charge in [-0.3, -0.25) is 9.69 Å². The molecule has 3 aromatic heterocycles. The fourth-order valence-corrected chi connectivity index (χ4v) is 7.08. The van der Waals surface area contributed by atoms with Crippen LogP contribution >= 0.6 is 11.3 Å². The number of pyridine rings is 1. The van der Waals surface area contributed by atoms with Crippen LogP contribution in [0.2, 0.25) is 0 Å². The Morgan fingerprint density at radius 2 is 1.68 bits per heavy atom. The Labute approximate surface area is 243 Å². The molecule has 0 atom stereocenters. The van der Waals surface area contributed by atoms with Crippen LogP contribution in [-0.2, 0) is 6.54 Å². The molecule has 2 saturated heterocycles. The second-order valence-corrected chi connectivity index (χ2v) is 11.7. The van der Waals surface area contributed by atoms with Crippen LogP contribution in [-0.4, -0.2) is 89.8 Å². The highest BCUT2D eigenvalue weighted by Gasteiger charge is 2.29. The van der Waals surface area contributed by atoms with Crippen molar-refractivity contribution in [2.45, 2.75) is 20.4 Å². The molecule has 11 heteroatoms. The minimum atomic E-state index is 0.0943. The minimum absolute atomic E-state index is 0.0943. The Morgan fingerprint density at radius 1 is 0.902 bits per heavy atom. The fraction of sp³-hybridized carbons (Fsp3) is 0.400. The molecule has 7 rings (SSSR count). The third kappa shape index (κ3) is 5.04. The van der Waals surface area contributed by atoms with Gasteiger partial charge in [0.05, 0.1) is 10.3 Å². The SMILES string of the molecule is Cc1nc(N2CCN(c3ccccn3)CC2)c2c(C)c(C(=O)N3CCN(Cc4ccc5c(c4)OCO5)CC3)sc2n1. The van der Waals surface area contributed by atoms with E-state index in [2.05, 4.69) is 37.9 Å². The van der Waals surface area contributed by atoms with Crippen molar-refractivity contribution in [3.63, 3.8) is 0 Å². The molecule has 0 N–H and O–H groups in total. The fourth-order valence-electron chi connectivity index (χ4n) is 5.89. The number of amides is 1. The summed E-state index contributed by atoms with van der Waals surface area (Å²) in [6.07, 6.45) is 1.84. The number of aryl methyl sites for hydroxylation is 2. The largest absolute Gasteiger partial charge is 0.454 e. The average molecular weight is 572 g/mol. The first-order chi connectivity index (χ1) is 20.0. The molecule has 0 spiro atoms. The summed E-state index contributed by atoms with van der Waals surface area (Å²) in [5, 5.41) is 1.01. The van der Waals surface area contributed by atoms with Gasteiger partial charge in [0.15, 0.2) is 11.5 Å². The molecule has 212 valence electrons. The summed E-state index contributed by atoms with van der Waals surface area (Å²) >= 11 is 1.50. The number of thiophene rings is 1. The van der Waals surface area contributed by atoms with Gasteiger partial charge >= 0.3 is 0 Å². The summed E-state index contributed by atoms with van der Waals surface area (Å²) in [7, 11) is 0. The van der Waals surface area contributed by atoms with Crippen LogP contribution in [0.5, 0.6) is 11.5 Å². The third-order valence-electron chi connectivity index (χ3n) is 8.13. The highest BCUT2D eigenvalue weighted by Crippen LogP contribution is 2.37. The van der Waals surface area contributed by atoms with Crippen molar-refractivity contribution >= 4 is 39.1 Å². The van der Waals surface area contributed by atoms with Gasteiger partial charge in [-0.25, -0.2) is 15.0 Å². The van der Waals surface area contributed by atoms with Crippen LogP contribution < -0.4 is 19.3 Å². The number of fused-ring (bicyclic) bond motifs is 2. The molecular formula is C30H33N7O3S. The number of carbonyl (C=O) groups is 1.